The van der Waals surface area contributed by atoms with E-state index in [1.54, 1.807) is 0 Å². The fourth-order valence-corrected chi connectivity index (χ4v) is 2.39. The van der Waals surface area contributed by atoms with Crippen molar-refractivity contribution in [2.24, 2.45) is 17.8 Å². The Kier molecular flexibility index (Phi) is 16.4. The highest BCUT2D eigenvalue weighted by Gasteiger charge is 2.25. The van der Waals surface area contributed by atoms with E-state index in [1.165, 1.54) is 32.1 Å². The van der Waals surface area contributed by atoms with E-state index < -0.39 is 0 Å². The van der Waals surface area contributed by atoms with Crippen molar-refractivity contribution in [1.29, 1.82) is 0 Å². The first-order valence-corrected chi connectivity index (χ1v) is 6.24. The zero-order valence-corrected chi connectivity index (χ0v) is 10.3. The maximum Gasteiger partial charge on any atom is -0.0388 e. The van der Waals surface area contributed by atoms with Crippen LogP contribution in [0.1, 0.15) is 81.6 Å². The third kappa shape index (κ3) is 7.88. The Hall–Kier alpha value is 0. The molecule has 1 fully saturated rings. The minimum atomic E-state index is 0. The molecule has 1 rings (SSSR count). The van der Waals surface area contributed by atoms with E-state index in [0.29, 0.717) is 0 Å². The molecule has 96 valence electrons. The van der Waals surface area contributed by atoms with Gasteiger partial charge in [0, 0.05) is 0 Å². The van der Waals surface area contributed by atoms with Gasteiger partial charge in [-0.1, -0.05) is 68.7 Å². The summed E-state index contributed by atoms with van der Waals surface area (Å²) >= 11 is 0. The largest absolute Gasteiger partial charge is 0.0776 e. The topological polar surface area (TPSA) is 0 Å². The zero-order valence-electron chi connectivity index (χ0n) is 10.3. The van der Waals surface area contributed by atoms with Crippen molar-refractivity contribution >= 4 is 0 Å². The molecule has 0 amide bonds. The molecule has 0 aromatic carbocycles. The predicted octanol–water partition coefficient (Wildman–Crippen LogP) is 6.16. The fraction of sp³-hybridized carbons (Fsp3) is 1.00. The Bertz CT molecular complexity index is 105. The molecule has 0 aliphatic heterocycles. The Morgan fingerprint density at radius 2 is 1.60 bits per heavy atom. The van der Waals surface area contributed by atoms with Gasteiger partial charge in [-0.2, -0.15) is 0 Å². The molecule has 0 heterocycles. The first-order chi connectivity index (χ1) is 6.24. The number of rotatable bonds is 3. The van der Waals surface area contributed by atoms with Crippen LogP contribution in [0.4, 0.5) is 0 Å². The van der Waals surface area contributed by atoms with E-state index in [9.17, 15) is 0 Å². The average Bonchev–Trinajstić information content (AvgIpc) is 2.57. The highest BCUT2D eigenvalue weighted by molar-refractivity contribution is 4.76. The summed E-state index contributed by atoms with van der Waals surface area (Å²) in [6.07, 6.45) is 7.39. The molecule has 1 saturated carbocycles. The van der Waals surface area contributed by atoms with Gasteiger partial charge in [0.05, 0.1) is 0 Å². The van der Waals surface area contributed by atoms with Crippen molar-refractivity contribution in [1.82, 2.24) is 0 Å². The molecule has 1 aliphatic carbocycles. The van der Waals surface area contributed by atoms with Crippen molar-refractivity contribution in [3.63, 3.8) is 0 Å². The van der Waals surface area contributed by atoms with Gasteiger partial charge < -0.3 is 0 Å². The lowest BCUT2D eigenvalue weighted by Crippen LogP contribution is -2.03. The van der Waals surface area contributed by atoms with Crippen LogP contribution in [0.2, 0.25) is 0 Å². The van der Waals surface area contributed by atoms with Crippen LogP contribution in [-0.2, 0) is 0 Å². The first-order valence-electron chi connectivity index (χ1n) is 6.24. The van der Waals surface area contributed by atoms with Crippen LogP contribution in [-0.4, -0.2) is 0 Å². The van der Waals surface area contributed by atoms with Crippen LogP contribution in [0.5, 0.6) is 0 Å². The third-order valence-electron chi connectivity index (χ3n) is 3.22. The quantitative estimate of drug-likeness (QED) is 0.530. The van der Waals surface area contributed by atoms with E-state index in [4.69, 9.17) is 0 Å². The van der Waals surface area contributed by atoms with Crippen molar-refractivity contribution in [2.75, 3.05) is 0 Å². The second-order valence-electron chi connectivity index (χ2n) is 4.47. The summed E-state index contributed by atoms with van der Waals surface area (Å²) in [6.45, 7) is 11.1. The van der Waals surface area contributed by atoms with Gasteiger partial charge in [-0.25, -0.2) is 0 Å². The third-order valence-corrected chi connectivity index (χ3v) is 3.22. The average molecular weight is 216 g/mol. The van der Waals surface area contributed by atoms with Gasteiger partial charge in [0.15, 0.2) is 0 Å². The van der Waals surface area contributed by atoms with Gasteiger partial charge in [-0.15, -0.1) is 0 Å². The maximum absolute atomic E-state index is 2.37. The van der Waals surface area contributed by atoms with E-state index in [2.05, 4.69) is 20.8 Å². The number of hydrogen-bond donors (Lipinski definition) is 0. The molecule has 0 nitrogen and oxygen atoms in total. The molecule has 2 atom stereocenters. The van der Waals surface area contributed by atoms with Crippen LogP contribution in [0, 0.1) is 17.8 Å². The molecule has 0 aromatic rings. The second-order valence-corrected chi connectivity index (χ2v) is 4.47. The number of hydrogen-bond acceptors (Lipinski definition) is 0. The maximum atomic E-state index is 2.37. The summed E-state index contributed by atoms with van der Waals surface area (Å²) in [5.74, 6) is 3.05. The first kappa shape index (κ1) is 20.4. The summed E-state index contributed by atoms with van der Waals surface area (Å²) in [5.41, 5.74) is 0. The van der Waals surface area contributed by atoms with Gasteiger partial charge in [0.25, 0.3) is 0 Å². The summed E-state index contributed by atoms with van der Waals surface area (Å²) in [6, 6.07) is 0. The van der Waals surface area contributed by atoms with E-state index in [1.807, 2.05) is 13.8 Å². The van der Waals surface area contributed by atoms with Gasteiger partial charge in [0.2, 0.25) is 0 Å². The minimum Gasteiger partial charge on any atom is -0.0776 e. The highest BCUT2D eigenvalue weighted by atomic mass is 14.3. The normalized spacial score (nSPS) is 23.6. The Balaban J connectivity index is -0.000000339. The molecular formula is C15H36. The van der Waals surface area contributed by atoms with Crippen LogP contribution in [0.3, 0.4) is 0 Å². The van der Waals surface area contributed by atoms with E-state index >= 15 is 0 Å². The second kappa shape index (κ2) is 12.1. The van der Waals surface area contributed by atoms with Crippen LogP contribution in [0.15, 0.2) is 0 Å². The summed E-state index contributed by atoms with van der Waals surface area (Å²) in [7, 11) is 0. The predicted molar refractivity (Wildman–Crippen MR) is 75.4 cm³/mol. The Morgan fingerprint density at radius 1 is 1.07 bits per heavy atom. The van der Waals surface area contributed by atoms with E-state index in [0.717, 1.165) is 17.8 Å². The fourth-order valence-electron chi connectivity index (χ4n) is 2.39. The SMILES string of the molecule is C.C.CC.CCCC1CCC(C(C)C)C1. The van der Waals surface area contributed by atoms with Crippen LogP contribution < -0.4 is 0 Å². The highest BCUT2D eigenvalue weighted by Crippen LogP contribution is 2.37. The van der Waals surface area contributed by atoms with Crippen molar-refractivity contribution in [3.05, 3.63) is 0 Å². The molecule has 0 bridgehead atoms. The van der Waals surface area contributed by atoms with Gasteiger partial charge in [-0.3, -0.25) is 0 Å². The molecule has 2 unspecified atom stereocenters. The molecule has 0 spiro atoms. The molecular weight excluding hydrogens is 180 g/mol. The van der Waals surface area contributed by atoms with Gasteiger partial charge >= 0.3 is 0 Å². The smallest absolute Gasteiger partial charge is 0.0388 e. The monoisotopic (exact) mass is 216 g/mol. The zero-order chi connectivity index (χ0) is 10.3. The molecule has 15 heavy (non-hydrogen) atoms. The molecule has 1 aliphatic rings. The van der Waals surface area contributed by atoms with Crippen molar-refractivity contribution in [3.8, 4) is 0 Å². The van der Waals surface area contributed by atoms with E-state index in [-0.39, 0.29) is 14.9 Å². The summed E-state index contributed by atoms with van der Waals surface area (Å²) in [5, 5.41) is 0. The van der Waals surface area contributed by atoms with Gasteiger partial charge in [-0.05, 0) is 30.6 Å². The van der Waals surface area contributed by atoms with Gasteiger partial charge in [0.1, 0.15) is 0 Å². The molecule has 0 aromatic heterocycles. The lowest BCUT2D eigenvalue weighted by molar-refractivity contribution is 0.372. The molecule has 0 heteroatoms. The van der Waals surface area contributed by atoms with Crippen LogP contribution in [0.25, 0.3) is 0 Å². The lowest BCUT2D eigenvalue weighted by atomic mass is 9.92. The van der Waals surface area contributed by atoms with Crippen molar-refractivity contribution < 1.29 is 0 Å². The molecule has 0 N–H and O–H groups in total. The van der Waals surface area contributed by atoms with Crippen LogP contribution >= 0.6 is 0 Å². The Labute approximate surface area is 99.9 Å². The standard InChI is InChI=1S/C11H22.C2H6.2CH4/c1-4-5-10-6-7-11(8-10)9(2)3;1-2;;/h9-11H,4-8H2,1-3H3;1-2H3;2*1H4. The summed E-state index contributed by atoms with van der Waals surface area (Å²) in [4.78, 5) is 0. The molecule has 0 radical (unpaired) electrons. The van der Waals surface area contributed by atoms with Crippen molar-refractivity contribution in [2.45, 2.75) is 81.6 Å². The summed E-state index contributed by atoms with van der Waals surface area (Å²) < 4.78 is 0. The minimum absolute atomic E-state index is 0. The molecule has 0 saturated heterocycles. The lowest BCUT2D eigenvalue weighted by Gasteiger charge is -2.13. The Morgan fingerprint density at radius 3 is 1.93 bits per heavy atom.